The molecule has 1 aromatic rings. The van der Waals surface area contributed by atoms with E-state index in [-0.39, 0.29) is 6.42 Å². The molecule has 1 N–H and O–H groups in total. The second kappa shape index (κ2) is 5.74. The lowest BCUT2D eigenvalue weighted by atomic mass is 9.82. The fraction of sp³-hybridized carbons (Fsp3) is 0.562. The molecule has 2 rings (SSSR count). The van der Waals surface area contributed by atoms with Gasteiger partial charge in [0.05, 0.1) is 6.42 Å². The van der Waals surface area contributed by atoms with Crippen LogP contribution < -0.4 is 0 Å². The minimum atomic E-state index is -0.757. The van der Waals surface area contributed by atoms with E-state index in [4.69, 9.17) is 5.11 Å². The summed E-state index contributed by atoms with van der Waals surface area (Å²) in [5, 5.41) is 8.95. The molecule has 0 atom stereocenters. The van der Waals surface area contributed by atoms with Gasteiger partial charge >= 0.3 is 5.97 Å². The predicted molar refractivity (Wildman–Crippen MR) is 76.1 cm³/mol. The number of nitrogens with zero attached hydrogens (tertiary/aromatic N) is 1. The molecule has 1 aliphatic heterocycles. The number of carbonyl (C=O) groups is 1. The number of hydrogen-bond donors (Lipinski definition) is 1. The van der Waals surface area contributed by atoms with Gasteiger partial charge in [-0.15, -0.1) is 0 Å². The lowest BCUT2D eigenvalue weighted by Gasteiger charge is -2.37. The molecule has 0 radical (unpaired) electrons. The lowest BCUT2D eigenvalue weighted by Crippen LogP contribution is -2.37. The summed E-state index contributed by atoms with van der Waals surface area (Å²) in [6.07, 6.45) is 2.55. The number of hydrogen-bond acceptors (Lipinski definition) is 2. The van der Waals surface area contributed by atoms with Crippen molar-refractivity contribution >= 4 is 5.97 Å². The van der Waals surface area contributed by atoms with Gasteiger partial charge in [-0.1, -0.05) is 38.1 Å². The van der Waals surface area contributed by atoms with Crippen molar-refractivity contribution in [3.05, 3.63) is 35.4 Å². The molecule has 0 aromatic heterocycles. The Hall–Kier alpha value is -1.35. The monoisotopic (exact) mass is 261 g/mol. The highest BCUT2D eigenvalue weighted by molar-refractivity contribution is 5.70. The number of likely N-dealkylation sites (tertiary alicyclic amines) is 1. The third-order valence-electron chi connectivity index (χ3n) is 4.06. The Morgan fingerprint density at radius 1 is 1.21 bits per heavy atom. The molecule has 1 aromatic carbocycles. The molecular weight excluding hydrogens is 238 g/mol. The van der Waals surface area contributed by atoms with E-state index in [1.54, 1.807) is 0 Å². The summed E-state index contributed by atoms with van der Waals surface area (Å²) < 4.78 is 0. The summed E-state index contributed by atoms with van der Waals surface area (Å²) in [6, 6.07) is 7.89. The van der Waals surface area contributed by atoms with E-state index in [0.29, 0.717) is 5.41 Å². The topological polar surface area (TPSA) is 40.5 Å². The fourth-order valence-electron chi connectivity index (χ4n) is 2.60. The molecule has 104 valence electrons. The van der Waals surface area contributed by atoms with E-state index >= 15 is 0 Å². The van der Waals surface area contributed by atoms with Crippen LogP contribution in [0.4, 0.5) is 0 Å². The number of piperidine rings is 1. The van der Waals surface area contributed by atoms with Gasteiger partial charge < -0.3 is 5.11 Å². The minimum absolute atomic E-state index is 0.121. The van der Waals surface area contributed by atoms with E-state index in [0.717, 1.165) is 30.8 Å². The highest BCUT2D eigenvalue weighted by Gasteiger charge is 2.25. The Labute approximate surface area is 115 Å². The smallest absolute Gasteiger partial charge is 0.307 e. The molecule has 0 spiro atoms. The first kappa shape index (κ1) is 14.1. The first-order valence-electron chi connectivity index (χ1n) is 6.97. The van der Waals surface area contributed by atoms with Gasteiger partial charge in [0.25, 0.3) is 0 Å². The predicted octanol–water partition coefficient (Wildman–Crippen LogP) is 2.94. The standard InChI is InChI=1S/C16H23NO2/c1-16(2)7-9-17(10-8-16)12-14-6-4-3-5-13(14)11-15(18)19/h3-6H,7-12H2,1-2H3,(H,18,19). The maximum atomic E-state index is 10.9. The number of benzene rings is 1. The van der Waals surface area contributed by atoms with Crippen LogP contribution in [0.3, 0.4) is 0 Å². The average molecular weight is 261 g/mol. The van der Waals surface area contributed by atoms with Gasteiger partial charge in [0.1, 0.15) is 0 Å². The van der Waals surface area contributed by atoms with E-state index < -0.39 is 5.97 Å². The highest BCUT2D eigenvalue weighted by atomic mass is 16.4. The van der Waals surface area contributed by atoms with E-state index in [2.05, 4.69) is 24.8 Å². The Bertz CT molecular complexity index is 444. The number of aliphatic carboxylic acids is 1. The van der Waals surface area contributed by atoms with Crippen molar-refractivity contribution in [2.45, 2.75) is 39.7 Å². The molecule has 0 unspecified atom stereocenters. The van der Waals surface area contributed by atoms with Crippen LogP contribution in [0.1, 0.15) is 37.8 Å². The molecule has 0 aliphatic carbocycles. The third kappa shape index (κ3) is 4.06. The molecule has 1 aliphatic rings. The summed E-state index contributed by atoms with van der Waals surface area (Å²) in [5.41, 5.74) is 2.56. The normalized spacial score (nSPS) is 19.3. The van der Waals surface area contributed by atoms with Crippen molar-refractivity contribution in [3.63, 3.8) is 0 Å². The SMILES string of the molecule is CC1(C)CCN(Cc2ccccc2CC(=O)O)CC1. The van der Waals surface area contributed by atoms with Gasteiger partial charge in [0.2, 0.25) is 0 Å². The highest BCUT2D eigenvalue weighted by Crippen LogP contribution is 2.30. The zero-order valence-corrected chi connectivity index (χ0v) is 11.9. The van der Waals surface area contributed by atoms with Crippen LogP contribution in [0, 0.1) is 5.41 Å². The first-order valence-corrected chi connectivity index (χ1v) is 6.97. The van der Waals surface area contributed by atoms with E-state index in [1.807, 2.05) is 18.2 Å². The largest absolute Gasteiger partial charge is 0.481 e. The summed E-state index contributed by atoms with van der Waals surface area (Å²) >= 11 is 0. The third-order valence-corrected chi connectivity index (χ3v) is 4.06. The average Bonchev–Trinajstić information content (AvgIpc) is 2.33. The summed E-state index contributed by atoms with van der Waals surface area (Å²) in [5.74, 6) is -0.757. The van der Waals surface area contributed by atoms with Crippen LogP contribution in [-0.4, -0.2) is 29.1 Å². The maximum absolute atomic E-state index is 10.9. The molecule has 0 saturated carbocycles. The van der Waals surface area contributed by atoms with Crippen LogP contribution >= 0.6 is 0 Å². The van der Waals surface area contributed by atoms with Crippen LogP contribution in [-0.2, 0) is 17.8 Å². The number of carboxylic acids is 1. The van der Waals surface area contributed by atoms with Crippen LogP contribution in [0.2, 0.25) is 0 Å². The summed E-state index contributed by atoms with van der Waals surface area (Å²) in [4.78, 5) is 13.3. The Balaban J connectivity index is 2.01. The maximum Gasteiger partial charge on any atom is 0.307 e. The van der Waals surface area contributed by atoms with Gasteiger partial charge in [0, 0.05) is 6.54 Å². The number of carboxylic acid groups (broad SMARTS) is 1. The van der Waals surface area contributed by atoms with Gasteiger partial charge in [-0.2, -0.15) is 0 Å². The zero-order chi connectivity index (χ0) is 13.9. The van der Waals surface area contributed by atoms with Crippen molar-refractivity contribution in [2.24, 2.45) is 5.41 Å². The van der Waals surface area contributed by atoms with E-state index in [1.165, 1.54) is 12.8 Å². The Morgan fingerprint density at radius 2 is 1.79 bits per heavy atom. The van der Waals surface area contributed by atoms with Gasteiger partial charge in [-0.05, 0) is 42.5 Å². The quantitative estimate of drug-likeness (QED) is 0.906. The van der Waals surface area contributed by atoms with Crippen molar-refractivity contribution in [2.75, 3.05) is 13.1 Å². The van der Waals surface area contributed by atoms with Crippen molar-refractivity contribution < 1.29 is 9.90 Å². The number of rotatable bonds is 4. The van der Waals surface area contributed by atoms with Crippen LogP contribution in [0.5, 0.6) is 0 Å². The van der Waals surface area contributed by atoms with Crippen LogP contribution in [0.15, 0.2) is 24.3 Å². The van der Waals surface area contributed by atoms with Gasteiger partial charge in [-0.3, -0.25) is 9.69 Å². The second-order valence-electron chi connectivity index (χ2n) is 6.28. The first-order chi connectivity index (χ1) is 8.96. The lowest BCUT2D eigenvalue weighted by molar-refractivity contribution is -0.136. The molecule has 3 heteroatoms. The van der Waals surface area contributed by atoms with Crippen molar-refractivity contribution in [1.82, 2.24) is 4.90 Å². The van der Waals surface area contributed by atoms with E-state index in [9.17, 15) is 4.79 Å². The van der Waals surface area contributed by atoms with Gasteiger partial charge in [-0.25, -0.2) is 0 Å². The molecule has 0 bridgehead atoms. The zero-order valence-electron chi connectivity index (χ0n) is 11.9. The summed E-state index contributed by atoms with van der Waals surface area (Å²) in [6.45, 7) is 7.73. The Kier molecular flexibility index (Phi) is 4.25. The molecule has 1 fully saturated rings. The summed E-state index contributed by atoms with van der Waals surface area (Å²) in [7, 11) is 0. The van der Waals surface area contributed by atoms with Crippen molar-refractivity contribution in [3.8, 4) is 0 Å². The minimum Gasteiger partial charge on any atom is -0.481 e. The molecule has 1 saturated heterocycles. The molecule has 1 heterocycles. The molecule has 3 nitrogen and oxygen atoms in total. The fourth-order valence-corrected chi connectivity index (χ4v) is 2.60. The van der Waals surface area contributed by atoms with Gasteiger partial charge in [0.15, 0.2) is 0 Å². The molecule has 0 amide bonds. The van der Waals surface area contributed by atoms with Crippen molar-refractivity contribution in [1.29, 1.82) is 0 Å². The second-order valence-corrected chi connectivity index (χ2v) is 6.28. The Morgan fingerprint density at radius 3 is 2.37 bits per heavy atom. The molecule has 19 heavy (non-hydrogen) atoms. The van der Waals surface area contributed by atoms with Crippen LogP contribution in [0.25, 0.3) is 0 Å². The molecular formula is C16H23NO2.